The number of halogens is 2. The fraction of sp³-hybridized carbons (Fsp3) is 0.333. The average Bonchev–Trinajstić information content (AvgIpc) is 2.43. The van der Waals surface area contributed by atoms with Crippen LogP contribution >= 0.6 is 23.2 Å². The minimum Gasteiger partial charge on any atom is -0.370 e. The van der Waals surface area contributed by atoms with Gasteiger partial charge in [0.2, 0.25) is 0 Å². The van der Waals surface area contributed by atoms with Crippen LogP contribution < -0.4 is 10.6 Å². The minimum atomic E-state index is 0.597. The van der Waals surface area contributed by atoms with Gasteiger partial charge in [-0.2, -0.15) is 0 Å². The van der Waals surface area contributed by atoms with Gasteiger partial charge in [-0.1, -0.05) is 30.1 Å². The summed E-state index contributed by atoms with van der Waals surface area (Å²) in [6.07, 6.45) is 1.82. The first-order valence-corrected chi connectivity index (χ1v) is 7.72. The van der Waals surface area contributed by atoms with Gasteiger partial charge < -0.3 is 10.6 Å². The predicted octanol–water partition coefficient (Wildman–Crippen LogP) is 4.91. The molecule has 0 spiro atoms. The highest BCUT2D eigenvalue weighted by atomic mass is 35.5. The quantitative estimate of drug-likeness (QED) is 0.792. The molecular formula is C15H18Cl2N4. The number of benzene rings is 1. The number of aromatic nitrogens is 2. The molecule has 0 aliphatic carbocycles. The van der Waals surface area contributed by atoms with E-state index in [9.17, 15) is 0 Å². The molecule has 21 heavy (non-hydrogen) atoms. The van der Waals surface area contributed by atoms with E-state index in [4.69, 9.17) is 23.2 Å². The second kappa shape index (κ2) is 7.48. The van der Waals surface area contributed by atoms with Crippen LogP contribution in [0.25, 0.3) is 0 Å². The van der Waals surface area contributed by atoms with Crippen molar-refractivity contribution in [3.05, 3.63) is 40.1 Å². The Labute approximate surface area is 134 Å². The van der Waals surface area contributed by atoms with Gasteiger partial charge in [-0.25, -0.2) is 9.97 Å². The van der Waals surface area contributed by atoms with Crippen LogP contribution in [0.4, 0.5) is 17.3 Å². The van der Waals surface area contributed by atoms with Crippen molar-refractivity contribution < 1.29 is 0 Å². The molecule has 2 rings (SSSR count). The largest absolute Gasteiger partial charge is 0.370 e. The van der Waals surface area contributed by atoms with Crippen LogP contribution in [0.5, 0.6) is 0 Å². The zero-order valence-electron chi connectivity index (χ0n) is 12.1. The van der Waals surface area contributed by atoms with E-state index in [1.165, 1.54) is 0 Å². The lowest BCUT2D eigenvalue weighted by Crippen LogP contribution is -2.06. The second-order valence-corrected chi connectivity index (χ2v) is 5.43. The Morgan fingerprint density at radius 3 is 2.52 bits per heavy atom. The maximum atomic E-state index is 6.17. The van der Waals surface area contributed by atoms with E-state index in [0.717, 1.165) is 36.7 Å². The van der Waals surface area contributed by atoms with Crippen molar-refractivity contribution in [1.82, 2.24) is 9.97 Å². The fourth-order valence-corrected chi connectivity index (χ4v) is 2.24. The SMILES string of the molecule is CCCc1nc(NCC)cc(Nc2cc(Cl)ccc2Cl)n1. The van der Waals surface area contributed by atoms with Crippen LogP contribution in [0.2, 0.25) is 10.0 Å². The molecule has 1 aromatic heterocycles. The summed E-state index contributed by atoms with van der Waals surface area (Å²) in [7, 11) is 0. The zero-order chi connectivity index (χ0) is 15.2. The maximum Gasteiger partial charge on any atom is 0.136 e. The van der Waals surface area contributed by atoms with Crippen molar-refractivity contribution in [2.24, 2.45) is 0 Å². The predicted molar refractivity (Wildman–Crippen MR) is 89.9 cm³/mol. The van der Waals surface area contributed by atoms with Crippen LogP contribution in [0.1, 0.15) is 26.1 Å². The third-order valence-electron chi connectivity index (χ3n) is 2.80. The van der Waals surface area contributed by atoms with Crippen LogP contribution in [0.3, 0.4) is 0 Å². The number of nitrogens with zero attached hydrogens (tertiary/aromatic N) is 2. The van der Waals surface area contributed by atoms with Crippen molar-refractivity contribution in [3.8, 4) is 0 Å². The van der Waals surface area contributed by atoms with E-state index in [-0.39, 0.29) is 0 Å². The molecule has 2 N–H and O–H groups in total. The lowest BCUT2D eigenvalue weighted by molar-refractivity contribution is 0.837. The monoisotopic (exact) mass is 324 g/mol. The molecular weight excluding hydrogens is 307 g/mol. The molecule has 0 atom stereocenters. The van der Waals surface area contributed by atoms with Crippen LogP contribution in [0, 0.1) is 0 Å². The summed E-state index contributed by atoms with van der Waals surface area (Å²) in [5, 5.41) is 7.63. The summed E-state index contributed by atoms with van der Waals surface area (Å²) >= 11 is 12.2. The van der Waals surface area contributed by atoms with Gasteiger partial charge in [0, 0.05) is 24.1 Å². The average molecular weight is 325 g/mol. The Hall–Kier alpha value is -1.52. The maximum absolute atomic E-state index is 6.17. The molecule has 1 heterocycles. The van der Waals surface area contributed by atoms with Crippen molar-refractivity contribution in [2.45, 2.75) is 26.7 Å². The van der Waals surface area contributed by atoms with Gasteiger partial charge in [0.25, 0.3) is 0 Å². The van der Waals surface area contributed by atoms with Crippen LogP contribution in [-0.2, 0) is 6.42 Å². The molecule has 0 aliphatic rings. The minimum absolute atomic E-state index is 0.597. The first-order chi connectivity index (χ1) is 10.1. The van der Waals surface area contributed by atoms with Gasteiger partial charge in [-0.15, -0.1) is 0 Å². The molecule has 6 heteroatoms. The molecule has 0 aliphatic heterocycles. The Morgan fingerprint density at radius 2 is 1.81 bits per heavy atom. The van der Waals surface area contributed by atoms with Gasteiger partial charge in [0.1, 0.15) is 17.5 Å². The van der Waals surface area contributed by atoms with E-state index in [2.05, 4.69) is 27.5 Å². The highest BCUT2D eigenvalue weighted by molar-refractivity contribution is 6.35. The highest BCUT2D eigenvalue weighted by Gasteiger charge is 2.07. The molecule has 0 amide bonds. The van der Waals surface area contributed by atoms with Crippen molar-refractivity contribution >= 4 is 40.5 Å². The van der Waals surface area contributed by atoms with E-state index in [0.29, 0.717) is 15.9 Å². The number of hydrogen-bond donors (Lipinski definition) is 2. The summed E-state index contributed by atoms with van der Waals surface area (Å²) < 4.78 is 0. The summed E-state index contributed by atoms with van der Waals surface area (Å²) in [5.74, 6) is 2.31. The molecule has 0 unspecified atom stereocenters. The Kier molecular flexibility index (Phi) is 5.65. The van der Waals surface area contributed by atoms with E-state index in [1.54, 1.807) is 18.2 Å². The lowest BCUT2D eigenvalue weighted by Gasteiger charge is -2.11. The number of rotatable bonds is 6. The summed E-state index contributed by atoms with van der Waals surface area (Å²) in [5.41, 5.74) is 0.729. The van der Waals surface area contributed by atoms with E-state index in [1.807, 2.05) is 13.0 Å². The van der Waals surface area contributed by atoms with Crippen LogP contribution in [-0.4, -0.2) is 16.5 Å². The van der Waals surface area contributed by atoms with Crippen molar-refractivity contribution in [1.29, 1.82) is 0 Å². The smallest absolute Gasteiger partial charge is 0.136 e. The van der Waals surface area contributed by atoms with Crippen molar-refractivity contribution in [2.75, 3.05) is 17.2 Å². The van der Waals surface area contributed by atoms with Gasteiger partial charge in [-0.3, -0.25) is 0 Å². The third-order valence-corrected chi connectivity index (χ3v) is 3.36. The summed E-state index contributed by atoms with van der Waals surface area (Å²) in [6, 6.07) is 7.14. The number of hydrogen-bond acceptors (Lipinski definition) is 4. The van der Waals surface area contributed by atoms with Gasteiger partial charge in [-0.05, 0) is 31.5 Å². The topological polar surface area (TPSA) is 49.8 Å². The zero-order valence-corrected chi connectivity index (χ0v) is 13.6. The molecule has 4 nitrogen and oxygen atoms in total. The number of nitrogens with one attached hydrogen (secondary N) is 2. The van der Waals surface area contributed by atoms with E-state index >= 15 is 0 Å². The Morgan fingerprint density at radius 1 is 1.05 bits per heavy atom. The molecule has 2 aromatic rings. The summed E-state index contributed by atoms with van der Waals surface area (Å²) in [4.78, 5) is 8.98. The Balaban J connectivity index is 2.31. The normalized spacial score (nSPS) is 10.5. The first kappa shape index (κ1) is 15.9. The lowest BCUT2D eigenvalue weighted by atomic mass is 10.3. The first-order valence-electron chi connectivity index (χ1n) is 6.96. The molecule has 0 bridgehead atoms. The molecule has 0 saturated heterocycles. The van der Waals surface area contributed by atoms with Gasteiger partial charge in [0.05, 0.1) is 10.7 Å². The second-order valence-electron chi connectivity index (χ2n) is 4.58. The van der Waals surface area contributed by atoms with E-state index < -0.39 is 0 Å². The number of aryl methyl sites for hydroxylation is 1. The summed E-state index contributed by atoms with van der Waals surface area (Å²) in [6.45, 7) is 4.94. The molecule has 0 radical (unpaired) electrons. The Bertz CT molecular complexity index is 592. The van der Waals surface area contributed by atoms with Crippen molar-refractivity contribution in [3.63, 3.8) is 0 Å². The highest BCUT2D eigenvalue weighted by Crippen LogP contribution is 2.28. The van der Waals surface area contributed by atoms with Gasteiger partial charge >= 0.3 is 0 Å². The fourth-order valence-electron chi connectivity index (χ4n) is 1.90. The molecule has 1 aromatic carbocycles. The number of anilines is 3. The van der Waals surface area contributed by atoms with Gasteiger partial charge in [0.15, 0.2) is 0 Å². The molecule has 112 valence electrons. The standard InChI is InChI=1S/C15H18Cl2N4/c1-3-5-13-20-14(18-4-2)9-15(21-13)19-12-8-10(16)6-7-11(12)17/h6-9H,3-5H2,1-2H3,(H2,18,19,20,21). The molecule has 0 fully saturated rings. The van der Waals surface area contributed by atoms with Crippen LogP contribution in [0.15, 0.2) is 24.3 Å². The molecule has 0 saturated carbocycles. The third kappa shape index (κ3) is 4.48.